The molecule has 1 fully saturated rings. The molecule has 19 heavy (non-hydrogen) atoms. The van der Waals surface area contributed by atoms with E-state index in [4.69, 9.17) is 23.2 Å². The van der Waals surface area contributed by atoms with Gasteiger partial charge in [0.1, 0.15) is 10.0 Å². The Morgan fingerprint density at radius 1 is 1.42 bits per heavy atom. The lowest BCUT2D eigenvalue weighted by Crippen LogP contribution is -2.43. The molecule has 106 valence electrons. The molecule has 0 spiro atoms. The molecule has 2 heterocycles. The van der Waals surface area contributed by atoms with Crippen LogP contribution in [-0.2, 0) is 10.0 Å². The van der Waals surface area contributed by atoms with E-state index < -0.39 is 10.0 Å². The molecule has 1 atom stereocenters. The van der Waals surface area contributed by atoms with Gasteiger partial charge in [0.05, 0.1) is 5.02 Å². The highest BCUT2D eigenvalue weighted by atomic mass is 35.5. The fourth-order valence-corrected chi connectivity index (χ4v) is 4.45. The standard InChI is InChI=1S/C12H16Cl2N2O2S/c1-2-9-5-3-4-6-16(9)19(17,18)10-7-11(13)12(14)15-8-10/h7-9H,2-6H2,1H3. The smallest absolute Gasteiger partial charge is 0.242 e. The Balaban J connectivity index is 2.37. The minimum absolute atomic E-state index is 0.0632. The fourth-order valence-electron chi connectivity index (χ4n) is 2.38. The molecule has 1 aliphatic rings. The van der Waals surface area contributed by atoms with Gasteiger partial charge in [0.2, 0.25) is 10.0 Å². The Morgan fingerprint density at radius 3 is 2.79 bits per heavy atom. The summed E-state index contributed by atoms with van der Waals surface area (Å²) in [5, 5.41) is 0.277. The largest absolute Gasteiger partial charge is 0.244 e. The van der Waals surface area contributed by atoms with Crippen molar-refractivity contribution in [2.24, 2.45) is 0 Å². The zero-order chi connectivity index (χ0) is 14.0. The van der Waals surface area contributed by atoms with Crippen molar-refractivity contribution in [3.8, 4) is 0 Å². The first-order valence-electron chi connectivity index (χ1n) is 6.29. The maximum atomic E-state index is 12.6. The van der Waals surface area contributed by atoms with E-state index in [0.29, 0.717) is 6.54 Å². The zero-order valence-corrected chi connectivity index (χ0v) is 13.0. The Morgan fingerprint density at radius 2 is 2.16 bits per heavy atom. The van der Waals surface area contributed by atoms with Crippen molar-refractivity contribution < 1.29 is 8.42 Å². The summed E-state index contributed by atoms with van der Waals surface area (Å²) in [5.74, 6) is 0. The number of sulfonamides is 1. The number of halogens is 2. The van der Waals surface area contributed by atoms with Crippen LogP contribution >= 0.6 is 23.2 Å². The van der Waals surface area contributed by atoms with Crippen molar-refractivity contribution in [2.45, 2.75) is 43.5 Å². The molecule has 0 aromatic carbocycles. The monoisotopic (exact) mass is 322 g/mol. The first kappa shape index (κ1) is 15.0. The minimum Gasteiger partial charge on any atom is -0.242 e. The quantitative estimate of drug-likeness (QED) is 0.802. The highest BCUT2D eigenvalue weighted by molar-refractivity contribution is 7.89. The Bertz CT molecular complexity index is 563. The van der Waals surface area contributed by atoms with Crippen molar-refractivity contribution in [3.63, 3.8) is 0 Å². The molecule has 0 aliphatic carbocycles. The van der Waals surface area contributed by atoms with Crippen LogP contribution < -0.4 is 0 Å². The molecule has 0 radical (unpaired) electrons. The van der Waals surface area contributed by atoms with Gasteiger partial charge < -0.3 is 0 Å². The lowest BCUT2D eigenvalue weighted by molar-refractivity contribution is 0.246. The van der Waals surface area contributed by atoms with Crippen LogP contribution in [0.1, 0.15) is 32.6 Å². The van der Waals surface area contributed by atoms with Gasteiger partial charge in [-0.25, -0.2) is 13.4 Å². The topological polar surface area (TPSA) is 50.3 Å². The summed E-state index contributed by atoms with van der Waals surface area (Å²) in [7, 11) is -3.53. The summed E-state index contributed by atoms with van der Waals surface area (Å²) in [6.07, 6.45) is 4.96. The van der Waals surface area contributed by atoms with E-state index in [0.717, 1.165) is 25.7 Å². The van der Waals surface area contributed by atoms with Gasteiger partial charge in [0.15, 0.2) is 0 Å². The summed E-state index contributed by atoms with van der Waals surface area (Å²) in [6, 6.07) is 1.43. The maximum Gasteiger partial charge on any atom is 0.244 e. The summed E-state index contributed by atoms with van der Waals surface area (Å²) in [6.45, 7) is 2.56. The fraction of sp³-hybridized carbons (Fsp3) is 0.583. The van der Waals surface area contributed by atoms with Crippen LogP contribution in [-0.4, -0.2) is 30.3 Å². The number of hydrogen-bond donors (Lipinski definition) is 0. The number of hydrogen-bond acceptors (Lipinski definition) is 3. The van der Waals surface area contributed by atoms with Crippen LogP contribution in [0, 0.1) is 0 Å². The lowest BCUT2D eigenvalue weighted by Gasteiger charge is -2.34. The second-order valence-corrected chi connectivity index (χ2v) is 7.27. The van der Waals surface area contributed by atoms with Gasteiger partial charge in [-0.2, -0.15) is 4.31 Å². The molecule has 1 unspecified atom stereocenters. The average molecular weight is 323 g/mol. The summed E-state index contributed by atoms with van der Waals surface area (Å²) < 4.78 is 26.8. The minimum atomic E-state index is -3.53. The molecule has 0 N–H and O–H groups in total. The second kappa shape index (κ2) is 5.95. The van der Waals surface area contributed by atoms with Gasteiger partial charge in [-0.15, -0.1) is 0 Å². The number of nitrogens with zero attached hydrogens (tertiary/aromatic N) is 2. The van der Waals surface area contributed by atoms with E-state index in [-0.39, 0.29) is 21.1 Å². The molecule has 1 aromatic rings. The van der Waals surface area contributed by atoms with E-state index in [2.05, 4.69) is 4.98 Å². The summed E-state index contributed by atoms with van der Waals surface area (Å²) >= 11 is 11.6. The van der Waals surface area contributed by atoms with Crippen LogP contribution in [0.25, 0.3) is 0 Å². The highest BCUT2D eigenvalue weighted by Gasteiger charge is 2.32. The SMILES string of the molecule is CCC1CCCCN1S(=O)(=O)c1cnc(Cl)c(Cl)c1. The normalized spacial score (nSPS) is 21.5. The predicted octanol–water partition coefficient (Wildman–Crippen LogP) is 3.34. The van der Waals surface area contributed by atoms with Crippen molar-refractivity contribution in [1.82, 2.24) is 9.29 Å². The van der Waals surface area contributed by atoms with Crippen LogP contribution in [0.5, 0.6) is 0 Å². The van der Waals surface area contributed by atoms with Crippen molar-refractivity contribution in [2.75, 3.05) is 6.54 Å². The van der Waals surface area contributed by atoms with Crippen LogP contribution in [0.15, 0.2) is 17.2 Å². The molecule has 1 aromatic heterocycles. The summed E-state index contributed by atoms with van der Waals surface area (Å²) in [4.78, 5) is 3.93. The lowest BCUT2D eigenvalue weighted by atomic mass is 10.0. The highest BCUT2D eigenvalue weighted by Crippen LogP contribution is 2.29. The van der Waals surface area contributed by atoms with E-state index in [1.54, 1.807) is 4.31 Å². The molecule has 0 amide bonds. The molecule has 1 aliphatic heterocycles. The molecular formula is C12H16Cl2N2O2S. The Hall–Kier alpha value is -0.360. The van der Waals surface area contributed by atoms with Gasteiger partial charge in [-0.1, -0.05) is 36.5 Å². The number of aromatic nitrogens is 1. The van der Waals surface area contributed by atoms with Gasteiger partial charge in [-0.05, 0) is 25.3 Å². The third-order valence-corrected chi connectivity index (χ3v) is 6.03. The van der Waals surface area contributed by atoms with E-state index in [1.807, 2.05) is 6.92 Å². The van der Waals surface area contributed by atoms with Gasteiger partial charge >= 0.3 is 0 Å². The van der Waals surface area contributed by atoms with Crippen molar-refractivity contribution >= 4 is 33.2 Å². The molecule has 4 nitrogen and oxygen atoms in total. The van der Waals surface area contributed by atoms with E-state index in [1.165, 1.54) is 12.3 Å². The molecule has 7 heteroatoms. The number of rotatable bonds is 3. The molecule has 0 saturated carbocycles. The molecule has 1 saturated heterocycles. The second-order valence-electron chi connectivity index (χ2n) is 4.62. The van der Waals surface area contributed by atoms with Crippen LogP contribution in [0.4, 0.5) is 0 Å². The molecule has 2 rings (SSSR count). The van der Waals surface area contributed by atoms with Crippen LogP contribution in [0.3, 0.4) is 0 Å². The predicted molar refractivity (Wildman–Crippen MR) is 76.1 cm³/mol. The Kier molecular flexibility index (Phi) is 4.71. The third kappa shape index (κ3) is 3.05. The first-order valence-corrected chi connectivity index (χ1v) is 8.49. The van der Waals surface area contributed by atoms with E-state index >= 15 is 0 Å². The molecular weight excluding hydrogens is 307 g/mol. The zero-order valence-electron chi connectivity index (χ0n) is 10.6. The average Bonchev–Trinajstić information content (AvgIpc) is 2.41. The van der Waals surface area contributed by atoms with Crippen molar-refractivity contribution in [3.05, 3.63) is 22.4 Å². The maximum absolute atomic E-state index is 12.6. The number of piperidine rings is 1. The van der Waals surface area contributed by atoms with Gasteiger partial charge in [-0.3, -0.25) is 0 Å². The number of pyridine rings is 1. The van der Waals surface area contributed by atoms with Gasteiger partial charge in [0.25, 0.3) is 0 Å². The van der Waals surface area contributed by atoms with Crippen molar-refractivity contribution in [1.29, 1.82) is 0 Å². The Labute approximate surface area is 123 Å². The summed E-state index contributed by atoms with van der Waals surface area (Å²) in [5.41, 5.74) is 0. The van der Waals surface area contributed by atoms with Gasteiger partial charge in [0, 0.05) is 18.8 Å². The first-order chi connectivity index (χ1) is 8.96. The third-order valence-electron chi connectivity index (χ3n) is 3.42. The molecule has 0 bridgehead atoms. The van der Waals surface area contributed by atoms with E-state index in [9.17, 15) is 8.42 Å². The van der Waals surface area contributed by atoms with Crippen LogP contribution in [0.2, 0.25) is 10.2 Å².